The van der Waals surface area contributed by atoms with Crippen LogP contribution in [0.3, 0.4) is 0 Å². The Bertz CT molecular complexity index is 1980. The quantitative estimate of drug-likeness (QED) is 0.0860. The second kappa shape index (κ2) is 17.1. The van der Waals surface area contributed by atoms with Gasteiger partial charge in [-0.1, -0.05) is 0 Å². The molecular weight excluding hydrogens is 768 g/mol. The molecule has 55 heavy (non-hydrogen) atoms. The van der Waals surface area contributed by atoms with Crippen LogP contribution in [0.5, 0.6) is 0 Å². The van der Waals surface area contributed by atoms with Gasteiger partial charge in [-0.15, -0.1) is 22.7 Å². The van der Waals surface area contributed by atoms with Crippen molar-refractivity contribution >= 4 is 75.4 Å². The standard InChI is InChI=1S/C21H26N2O7S.C15H16N2O5S.Na/c1-10(24)15-12-8-11(13-6-7-14(31-13)17(25)22-5)16(23(12)18(15)26)19(27)29-9-30-20(28)21(2,3)4;1-6(18)11-8-5-7(12(15(21)22)17(8)14(11)20)9-3-4-10(23-9)13(19)16-2;/h6-7,10,12,15,24H,8-9H2,1-5H3,(H,22,25);3-4,6,8,11,18H,5H2,1-2H3,(H,16,19)(H,21,22);/q;;+1/p-1/t10-,12-,15-;6-,8-,11-;/m11./s1. The van der Waals surface area contributed by atoms with Gasteiger partial charge in [0.25, 0.3) is 11.8 Å². The average Bonchev–Trinajstić information content (AvgIpc) is 3.90. The molecule has 0 bridgehead atoms. The number of amides is 4. The Morgan fingerprint density at radius 3 is 1.60 bits per heavy atom. The van der Waals surface area contributed by atoms with Crippen LogP contribution in [0.2, 0.25) is 0 Å². The molecule has 0 aliphatic carbocycles. The fourth-order valence-electron chi connectivity index (χ4n) is 6.87. The number of aliphatic hydroxyl groups is 2. The van der Waals surface area contributed by atoms with Gasteiger partial charge in [0.05, 0.1) is 63.0 Å². The van der Waals surface area contributed by atoms with E-state index in [1.54, 1.807) is 45.0 Å². The Labute approximate surface area is 346 Å². The predicted octanol–water partition coefficient (Wildman–Crippen LogP) is -2.30. The maximum absolute atomic E-state index is 12.9. The number of hydrogen-bond donors (Lipinski definition) is 4. The van der Waals surface area contributed by atoms with Crippen molar-refractivity contribution in [1.29, 1.82) is 0 Å². The van der Waals surface area contributed by atoms with E-state index in [4.69, 9.17) is 9.47 Å². The Balaban J connectivity index is 0.000000250. The van der Waals surface area contributed by atoms with Gasteiger partial charge in [0.15, 0.2) is 0 Å². The first-order valence-corrected chi connectivity index (χ1v) is 18.7. The number of rotatable bonds is 10. The third-order valence-electron chi connectivity index (χ3n) is 9.54. The molecule has 0 spiro atoms. The molecule has 0 radical (unpaired) electrons. The molecule has 2 saturated heterocycles. The molecule has 0 aromatic carbocycles. The van der Waals surface area contributed by atoms with Crippen molar-refractivity contribution < 1.29 is 87.9 Å². The number of esters is 2. The molecule has 4 N–H and O–H groups in total. The number of ether oxygens (including phenoxy) is 2. The SMILES string of the molecule is CNC(=O)c1ccc(C2=C(C(=O)OCOC(=O)C(C)(C)C)N3C(=O)[C@H]([C@@H](C)O)[C@H]3C2)s1.CNC(=O)c1ccc(C2=C(C(=O)[O-])N3C(=O)[C@H]([C@@H](C)O)[C@H]3C2)s1.[Na+]. The summed E-state index contributed by atoms with van der Waals surface area (Å²) in [5.74, 6) is -5.23. The van der Waals surface area contributed by atoms with E-state index in [0.717, 1.165) is 0 Å². The second-order valence-electron chi connectivity index (χ2n) is 14.2. The zero-order valence-corrected chi connectivity index (χ0v) is 35.2. The fourth-order valence-corrected chi connectivity index (χ4v) is 8.88. The van der Waals surface area contributed by atoms with E-state index in [9.17, 15) is 48.9 Å². The van der Waals surface area contributed by atoms with Crippen LogP contribution in [0.25, 0.3) is 11.1 Å². The first-order valence-electron chi connectivity index (χ1n) is 17.0. The number of thiophene rings is 2. The van der Waals surface area contributed by atoms with E-state index < -0.39 is 60.1 Å². The molecule has 0 unspecified atom stereocenters. The van der Waals surface area contributed by atoms with Gasteiger partial charge >= 0.3 is 41.5 Å². The molecule has 2 fully saturated rings. The topological polar surface area (TPSA) is 232 Å². The Kier molecular flexibility index (Phi) is 13.6. The molecule has 4 amide bonds. The van der Waals surface area contributed by atoms with Crippen molar-refractivity contribution in [1.82, 2.24) is 20.4 Å². The van der Waals surface area contributed by atoms with Gasteiger partial charge < -0.3 is 50.0 Å². The number of fused-ring (bicyclic) bond motifs is 2. The molecule has 6 atom stereocenters. The van der Waals surface area contributed by atoms with Gasteiger partial charge in [-0.05, 0) is 77.3 Å². The van der Waals surface area contributed by atoms with Gasteiger partial charge in [-0.25, -0.2) is 4.79 Å². The smallest absolute Gasteiger partial charge is 0.543 e. The average molecular weight is 809 g/mol. The van der Waals surface area contributed by atoms with E-state index in [1.165, 1.54) is 60.4 Å². The Morgan fingerprint density at radius 1 is 0.800 bits per heavy atom. The summed E-state index contributed by atoms with van der Waals surface area (Å²) in [5.41, 5.74) is 0.201. The normalized spacial score (nSPS) is 22.2. The van der Waals surface area contributed by atoms with Gasteiger partial charge in [0, 0.05) is 29.4 Å². The number of hydrogen-bond acceptors (Lipinski definition) is 14. The van der Waals surface area contributed by atoms with Gasteiger partial charge in [-0.2, -0.15) is 0 Å². The van der Waals surface area contributed by atoms with Gasteiger partial charge in [-0.3, -0.25) is 24.0 Å². The van der Waals surface area contributed by atoms with Gasteiger partial charge in [0.1, 0.15) is 5.70 Å². The maximum atomic E-state index is 12.9. The van der Waals surface area contributed by atoms with Crippen molar-refractivity contribution in [2.45, 2.75) is 71.8 Å². The molecule has 6 heterocycles. The third-order valence-corrected chi connectivity index (χ3v) is 11.8. The van der Waals surface area contributed by atoms with Crippen LogP contribution in [0.4, 0.5) is 0 Å². The second-order valence-corrected chi connectivity index (χ2v) is 16.3. The summed E-state index contributed by atoms with van der Waals surface area (Å²) in [7, 11) is 3.04. The summed E-state index contributed by atoms with van der Waals surface area (Å²) in [6, 6.07) is 5.90. The van der Waals surface area contributed by atoms with Crippen LogP contribution in [0.15, 0.2) is 35.7 Å². The molecule has 4 aliphatic rings. The van der Waals surface area contributed by atoms with Crippen molar-refractivity contribution in [3.8, 4) is 0 Å². The van der Waals surface area contributed by atoms with Crippen molar-refractivity contribution in [2.24, 2.45) is 17.3 Å². The van der Waals surface area contributed by atoms with E-state index in [2.05, 4.69) is 10.6 Å². The molecule has 290 valence electrons. The molecule has 2 aromatic heterocycles. The minimum Gasteiger partial charge on any atom is -0.543 e. The summed E-state index contributed by atoms with van der Waals surface area (Å²) in [6.07, 6.45) is -1.02. The number of carboxylic acids is 1. The van der Waals surface area contributed by atoms with Crippen LogP contribution in [0.1, 0.15) is 76.6 Å². The predicted molar refractivity (Wildman–Crippen MR) is 192 cm³/mol. The van der Waals surface area contributed by atoms with Crippen LogP contribution in [0, 0.1) is 17.3 Å². The number of carboxylic acid groups (broad SMARTS) is 1. The summed E-state index contributed by atoms with van der Waals surface area (Å²) < 4.78 is 10.1. The minimum atomic E-state index is -1.42. The fraction of sp³-hybridized carbons (Fsp3) is 0.472. The van der Waals surface area contributed by atoms with Gasteiger partial charge in [0.2, 0.25) is 18.6 Å². The van der Waals surface area contributed by atoms with Crippen molar-refractivity contribution in [2.75, 3.05) is 20.9 Å². The number of carbonyl (C=O) groups excluding carboxylic acids is 7. The van der Waals surface area contributed by atoms with Crippen LogP contribution >= 0.6 is 22.7 Å². The van der Waals surface area contributed by atoms with E-state index in [1.807, 2.05) is 0 Å². The summed E-state index contributed by atoms with van der Waals surface area (Å²) in [5, 5.41) is 36.2. The first-order chi connectivity index (χ1) is 25.3. The number of aliphatic hydroxyl groups excluding tert-OH is 2. The van der Waals surface area contributed by atoms with Crippen LogP contribution in [-0.2, 0) is 33.4 Å². The molecule has 6 rings (SSSR count). The molecule has 19 heteroatoms. The monoisotopic (exact) mass is 808 g/mol. The van der Waals surface area contributed by atoms with Crippen LogP contribution < -0.4 is 45.3 Å². The van der Waals surface area contributed by atoms with E-state index >= 15 is 0 Å². The van der Waals surface area contributed by atoms with Crippen molar-refractivity contribution in [3.05, 3.63) is 55.2 Å². The molecule has 4 aliphatic heterocycles. The first kappa shape index (κ1) is 43.8. The zero-order valence-electron chi connectivity index (χ0n) is 31.6. The van der Waals surface area contributed by atoms with E-state index in [-0.39, 0.29) is 70.8 Å². The largest absolute Gasteiger partial charge is 1.00 e. The summed E-state index contributed by atoms with van der Waals surface area (Å²) in [4.78, 5) is 89.3. The minimum absolute atomic E-state index is 0. The molecule has 2 aromatic rings. The molecule has 16 nitrogen and oxygen atoms in total. The number of nitrogens with zero attached hydrogens (tertiary/aromatic N) is 2. The summed E-state index contributed by atoms with van der Waals surface area (Å²) >= 11 is 2.36. The number of β-lactam (4-membered cyclic amide) rings is 2. The molecular formula is C36H41N4NaO12S2. The van der Waals surface area contributed by atoms with E-state index in [0.29, 0.717) is 43.5 Å². The number of carbonyl (C=O) groups is 7. The van der Waals surface area contributed by atoms with Crippen LogP contribution in [-0.4, -0.2) is 107 Å². The Hall–Kier alpha value is -3.91. The van der Waals surface area contributed by atoms with Crippen molar-refractivity contribution in [3.63, 3.8) is 0 Å². The summed E-state index contributed by atoms with van der Waals surface area (Å²) in [6.45, 7) is 7.51. The molecule has 0 saturated carbocycles. The maximum Gasteiger partial charge on any atom is 1.00 e. The Morgan fingerprint density at radius 2 is 1.22 bits per heavy atom. The number of nitrogens with one attached hydrogen (secondary N) is 2. The third kappa shape index (κ3) is 8.31. The zero-order chi connectivity index (χ0) is 40.0. The number of aliphatic carboxylic acids is 1.